The number of hydrogen-bond acceptors (Lipinski definition) is 2. The molecule has 1 saturated heterocycles. The van der Waals surface area contributed by atoms with Crippen LogP contribution >= 0.6 is 24.0 Å². The summed E-state index contributed by atoms with van der Waals surface area (Å²) in [5, 5.41) is 3.48. The van der Waals surface area contributed by atoms with Gasteiger partial charge in [-0.3, -0.25) is 9.79 Å². The summed E-state index contributed by atoms with van der Waals surface area (Å²) in [6.45, 7) is 7.24. The van der Waals surface area contributed by atoms with Crippen LogP contribution in [0.2, 0.25) is 0 Å². The first-order valence-corrected chi connectivity index (χ1v) is 6.35. The van der Waals surface area contributed by atoms with Crippen LogP contribution in [-0.4, -0.2) is 60.9 Å². The molecule has 0 radical (unpaired) electrons. The Kier molecular flexibility index (Phi) is 5.68. The molecule has 2 fully saturated rings. The predicted molar refractivity (Wildman–Crippen MR) is 83.3 cm³/mol. The van der Waals surface area contributed by atoms with E-state index in [0.29, 0.717) is 6.04 Å². The molecular formula is C12H23IN4O. The van der Waals surface area contributed by atoms with E-state index in [4.69, 9.17) is 0 Å². The molecule has 0 aromatic heterocycles. The molecule has 1 amide bonds. The molecule has 0 aromatic rings. The Balaban J connectivity index is 0.00000162. The molecule has 6 heteroatoms. The standard InChI is InChI=1S/C12H22N4O.HI/c1-9-8-11(9)14-12(13-3)16-6-4-15(5-7-16)10(2)17;/h9,11H,4-8H2,1-3H3,(H,13,14);1H. The number of piperazine rings is 1. The Labute approximate surface area is 126 Å². The van der Waals surface area contributed by atoms with Crippen molar-refractivity contribution in [2.45, 2.75) is 26.3 Å². The van der Waals surface area contributed by atoms with Gasteiger partial charge >= 0.3 is 0 Å². The summed E-state index contributed by atoms with van der Waals surface area (Å²) in [5.41, 5.74) is 0. The van der Waals surface area contributed by atoms with Gasteiger partial charge in [0.05, 0.1) is 0 Å². The number of rotatable bonds is 1. The first-order chi connectivity index (χ1) is 8.11. The van der Waals surface area contributed by atoms with Gasteiger partial charge in [-0.15, -0.1) is 24.0 Å². The van der Waals surface area contributed by atoms with Gasteiger partial charge in [0.15, 0.2) is 5.96 Å². The van der Waals surface area contributed by atoms with Crippen LogP contribution < -0.4 is 5.32 Å². The van der Waals surface area contributed by atoms with Crippen molar-refractivity contribution < 1.29 is 4.79 Å². The number of guanidine groups is 1. The Hall–Kier alpha value is -0.530. The van der Waals surface area contributed by atoms with Gasteiger partial charge in [0.25, 0.3) is 0 Å². The highest BCUT2D eigenvalue weighted by atomic mass is 127. The van der Waals surface area contributed by atoms with E-state index in [-0.39, 0.29) is 29.9 Å². The summed E-state index contributed by atoms with van der Waals surface area (Å²) in [4.78, 5) is 19.7. The van der Waals surface area contributed by atoms with E-state index in [1.807, 2.05) is 11.9 Å². The third-order valence-corrected chi connectivity index (χ3v) is 3.66. The third-order valence-electron chi connectivity index (χ3n) is 3.66. The molecule has 2 rings (SSSR count). The molecule has 1 aliphatic carbocycles. The van der Waals surface area contributed by atoms with Crippen LogP contribution in [0.25, 0.3) is 0 Å². The summed E-state index contributed by atoms with van der Waals surface area (Å²) >= 11 is 0. The lowest BCUT2D eigenvalue weighted by molar-refractivity contribution is -0.130. The fourth-order valence-corrected chi connectivity index (χ4v) is 2.22. The fraction of sp³-hybridized carbons (Fsp3) is 0.833. The minimum atomic E-state index is 0. The number of nitrogens with one attached hydrogen (secondary N) is 1. The third kappa shape index (κ3) is 3.73. The van der Waals surface area contributed by atoms with Crippen molar-refractivity contribution in [3.8, 4) is 0 Å². The highest BCUT2D eigenvalue weighted by Gasteiger charge is 2.34. The van der Waals surface area contributed by atoms with Crippen molar-refractivity contribution in [1.82, 2.24) is 15.1 Å². The summed E-state index contributed by atoms with van der Waals surface area (Å²) in [7, 11) is 1.83. The second-order valence-electron chi connectivity index (χ2n) is 5.00. The van der Waals surface area contributed by atoms with E-state index < -0.39 is 0 Å². The summed E-state index contributed by atoms with van der Waals surface area (Å²) in [6, 6.07) is 0.597. The molecule has 0 spiro atoms. The normalized spacial score (nSPS) is 27.6. The van der Waals surface area contributed by atoms with E-state index in [1.165, 1.54) is 6.42 Å². The average molecular weight is 366 g/mol. The molecule has 1 heterocycles. The molecule has 2 atom stereocenters. The van der Waals surface area contributed by atoms with Gasteiger partial charge in [0.2, 0.25) is 5.91 Å². The lowest BCUT2D eigenvalue weighted by Gasteiger charge is -2.36. The molecule has 104 valence electrons. The average Bonchev–Trinajstić information content (AvgIpc) is 3.02. The second-order valence-corrected chi connectivity index (χ2v) is 5.00. The smallest absolute Gasteiger partial charge is 0.219 e. The van der Waals surface area contributed by atoms with E-state index in [2.05, 4.69) is 22.1 Å². The number of nitrogens with zero attached hydrogens (tertiary/aromatic N) is 3. The Morgan fingerprint density at radius 2 is 1.72 bits per heavy atom. The number of aliphatic imine (C=N–C) groups is 1. The summed E-state index contributed by atoms with van der Waals surface area (Å²) < 4.78 is 0. The highest BCUT2D eigenvalue weighted by Crippen LogP contribution is 2.29. The maximum atomic E-state index is 11.2. The van der Waals surface area contributed by atoms with Crippen molar-refractivity contribution in [2.75, 3.05) is 33.2 Å². The van der Waals surface area contributed by atoms with Gasteiger partial charge in [-0.05, 0) is 12.3 Å². The van der Waals surface area contributed by atoms with Crippen molar-refractivity contribution in [2.24, 2.45) is 10.9 Å². The number of carbonyl (C=O) groups is 1. The molecule has 1 N–H and O–H groups in total. The zero-order chi connectivity index (χ0) is 12.4. The number of amides is 1. The van der Waals surface area contributed by atoms with Gasteiger partial charge in [-0.25, -0.2) is 0 Å². The van der Waals surface area contributed by atoms with Gasteiger partial charge < -0.3 is 15.1 Å². The molecule has 1 saturated carbocycles. The number of hydrogen-bond donors (Lipinski definition) is 1. The molecule has 1 aliphatic heterocycles. The number of halogens is 1. The van der Waals surface area contributed by atoms with Crippen LogP contribution in [0.4, 0.5) is 0 Å². The SMILES string of the molecule is CN=C(NC1CC1C)N1CCN(C(C)=O)CC1.I. The zero-order valence-electron chi connectivity index (χ0n) is 11.3. The Morgan fingerprint density at radius 1 is 1.22 bits per heavy atom. The molecule has 5 nitrogen and oxygen atoms in total. The minimum absolute atomic E-state index is 0. The Morgan fingerprint density at radius 3 is 2.11 bits per heavy atom. The van der Waals surface area contributed by atoms with Gasteiger partial charge in [0.1, 0.15) is 0 Å². The quantitative estimate of drug-likeness (QED) is 0.423. The van der Waals surface area contributed by atoms with Crippen molar-refractivity contribution >= 4 is 35.8 Å². The summed E-state index contributed by atoms with van der Waals surface area (Å²) in [6.07, 6.45) is 1.24. The van der Waals surface area contributed by atoms with Crippen molar-refractivity contribution in [3.05, 3.63) is 0 Å². The van der Waals surface area contributed by atoms with E-state index in [0.717, 1.165) is 38.1 Å². The highest BCUT2D eigenvalue weighted by molar-refractivity contribution is 14.0. The maximum absolute atomic E-state index is 11.2. The molecule has 2 unspecified atom stereocenters. The lowest BCUT2D eigenvalue weighted by atomic mass is 10.3. The van der Waals surface area contributed by atoms with Crippen LogP contribution in [0, 0.1) is 5.92 Å². The van der Waals surface area contributed by atoms with Crippen LogP contribution in [0.5, 0.6) is 0 Å². The second kappa shape index (κ2) is 6.58. The molecular weight excluding hydrogens is 343 g/mol. The van der Waals surface area contributed by atoms with Crippen molar-refractivity contribution in [3.63, 3.8) is 0 Å². The minimum Gasteiger partial charge on any atom is -0.353 e. The Bertz CT molecular complexity index is 326. The predicted octanol–water partition coefficient (Wildman–Crippen LogP) is 0.752. The van der Waals surface area contributed by atoms with Crippen molar-refractivity contribution in [1.29, 1.82) is 0 Å². The molecule has 18 heavy (non-hydrogen) atoms. The summed E-state index contributed by atoms with van der Waals surface area (Å²) in [5.74, 6) is 1.93. The first-order valence-electron chi connectivity index (χ1n) is 6.35. The van der Waals surface area contributed by atoms with Crippen LogP contribution in [0.1, 0.15) is 20.3 Å². The van der Waals surface area contributed by atoms with E-state index in [1.54, 1.807) is 6.92 Å². The van der Waals surface area contributed by atoms with E-state index in [9.17, 15) is 4.79 Å². The van der Waals surface area contributed by atoms with Crippen LogP contribution in [0.15, 0.2) is 4.99 Å². The number of carbonyl (C=O) groups excluding carboxylic acids is 1. The molecule has 0 bridgehead atoms. The van der Waals surface area contributed by atoms with Gasteiger partial charge in [-0.2, -0.15) is 0 Å². The largest absolute Gasteiger partial charge is 0.353 e. The van der Waals surface area contributed by atoms with Crippen LogP contribution in [0.3, 0.4) is 0 Å². The molecule has 2 aliphatic rings. The first kappa shape index (κ1) is 15.5. The monoisotopic (exact) mass is 366 g/mol. The topological polar surface area (TPSA) is 47.9 Å². The lowest BCUT2D eigenvalue weighted by Crippen LogP contribution is -2.53. The van der Waals surface area contributed by atoms with Crippen LogP contribution in [-0.2, 0) is 4.79 Å². The van der Waals surface area contributed by atoms with E-state index >= 15 is 0 Å². The maximum Gasteiger partial charge on any atom is 0.219 e. The fourth-order valence-electron chi connectivity index (χ4n) is 2.22. The van der Waals surface area contributed by atoms with Gasteiger partial charge in [0, 0.05) is 46.2 Å². The molecule has 0 aromatic carbocycles. The van der Waals surface area contributed by atoms with Gasteiger partial charge in [-0.1, -0.05) is 6.92 Å². The zero-order valence-corrected chi connectivity index (χ0v) is 13.7.